The Bertz CT molecular complexity index is 807. The molecule has 2 heterocycles. The Kier molecular flexibility index (Phi) is 3.78. The smallest absolute Gasteiger partial charge is 0.142 e. The average Bonchev–Trinajstić information content (AvgIpc) is 2.83. The summed E-state index contributed by atoms with van der Waals surface area (Å²) in [6, 6.07) is 6.38. The highest BCUT2D eigenvalue weighted by atomic mass is 79.9. The number of halogens is 1. The van der Waals surface area contributed by atoms with E-state index in [0.717, 1.165) is 33.4 Å². The maximum atomic E-state index is 4.58. The first kappa shape index (κ1) is 14.2. The van der Waals surface area contributed by atoms with Gasteiger partial charge in [-0.3, -0.25) is 4.57 Å². The third-order valence-corrected chi connectivity index (χ3v) is 4.10. The van der Waals surface area contributed by atoms with Crippen molar-refractivity contribution in [3.05, 3.63) is 51.9 Å². The predicted octanol–water partition coefficient (Wildman–Crippen LogP) is 3.52. The van der Waals surface area contributed by atoms with Crippen LogP contribution in [0.4, 0.5) is 0 Å². The number of hydrogen-bond acceptors (Lipinski definition) is 3. The fourth-order valence-electron chi connectivity index (χ4n) is 2.44. The summed E-state index contributed by atoms with van der Waals surface area (Å²) in [6.45, 7) is 4.99. The van der Waals surface area contributed by atoms with Crippen molar-refractivity contribution in [1.82, 2.24) is 19.9 Å². The Morgan fingerprint density at radius 2 is 1.90 bits per heavy atom. The van der Waals surface area contributed by atoms with Gasteiger partial charge in [0.05, 0.1) is 11.0 Å². The van der Waals surface area contributed by atoms with Gasteiger partial charge in [0.1, 0.15) is 12.1 Å². The number of fused-ring (bicyclic) bond motifs is 1. The average molecular weight is 345 g/mol. The lowest BCUT2D eigenvalue weighted by molar-refractivity contribution is 0.799. The SMILES string of the molecule is CNCc1cc(Br)cnc1-n1cnc2cc(C)c(C)cc21. The minimum absolute atomic E-state index is 0.756. The number of rotatable bonds is 3. The highest BCUT2D eigenvalue weighted by molar-refractivity contribution is 9.10. The summed E-state index contributed by atoms with van der Waals surface area (Å²) in [5, 5.41) is 3.19. The molecular formula is C16H17BrN4. The molecule has 0 amide bonds. The van der Waals surface area contributed by atoms with Crippen LogP contribution in [-0.2, 0) is 6.54 Å². The number of hydrogen-bond donors (Lipinski definition) is 1. The van der Waals surface area contributed by atoms with Crippen LogP contribution >= 0.6 is 15.9 Å². The number of nitrogens with one attached hydrogen (secondary N) is 1. The number of aromatic nitrogens is 3. The zero-order valence-corrected chi connectivity index (χ0v) is 13.9. The summed E-state index contributed by atoms with van der Waals surface area (Å²) in [5.41, 5.74) is 5.73. The lowest BCUT2D eigenvalue weighted by atomic mass is 10.1. The van der Waals surface area contributed by atoms with Gasteiger partial charge in [-0.2, -0.15) is 0 Å². The quantitative estimate of drug-likeness (QED) is 0.790. The van der Waals surface area contributed by atoms with Crippen molar-refractivity contribution in [2.24, 2.45) is 0 Å². The Hall–Kier alpha value is -1.72. The molecule has 0 fully saturated rings. The normalized spacial score (nSPS) is 11.2. The number of benzene rings is 1. The van der Waals surface area contributed by atoms with Gasteiger partial charge < -0.3 is 5.32 Å². The van der Waals surface area contributed by atoms with Crippen molar-refractivity contribution in [2.45, 2.75) is 20.4 Å². The van der Waals surface area contributed by atoms with Crippen molar-refractivity contribution in [3.63, 3.8) is 0 Å². The Morgan fingerprint density at radius 3 is 2.67 bits per heavy atom. The molecule has 0 bridgehead atoms. The van der Waals surface area contributed by atoms with E-state index in [-0.39, 0.29) is 0 Å². The van der Waals surface area contributed by atoms with E-state index in [4.69, 9.17) is 0 Å². The maximum absolute atomic E-state index is 4.58. The molecular weight excluding hydrogens is 328 g/mol. The zero-order chi connectivity index (χ0) is 15.0. The van der Waals surface area contributed by atoms with Gasteiger partial charge in [-0.25, -0.2) is 9.97 Å². The second-order valence-electron chi connectivity index (χ2n) is 5.21. The molecule has 3 aromatic rings. The van der Waals surface area contributed by atoms with Gasteiger partial charge in [-0.1, -0.05) is 0 Å². The molecule has 0 saturated heterocycles. The van der Waals surface area contributed by atoms with Gasteiger partial charge in [-0.15, -0.1) is 0 Å². The molecule has 4 nitrogen and oxygen atoms in total. The van der Waals surface area contributed by atoms with E-state index < -0.39 is 0 Å². The molecule has 0 radical (unpaired) electrons. The van der Waals surface area contributed by atoms with Crippen LogP contribution in [0.2, 0.25) is 0 Å². The van der Waals surface area contributed by atoms with Gasteiger partial charge in [0.25, 0.3) is 0 Å². The minimum atomic E-state index is 0.756. The van der Waals surface area contributed by atoms with Crippen molar-refractivity contribution in [3.8, 4) is 5.82 Å². The monoisotopic (exact) mass is 344 g/mol. The van der Waals surface area contributed by atoms with E-state index in [1.54, 1.807) is 0 Å². The van der Waals surface area contributed by atoms with E-state index >= 15 is 0 Å². The third kappa shape index (κ3) is 2.59. The lowest BCUT2D eigenvalue weighted by Crippen LogP contribution is -2.10. The zero-order valence-electron chi connectivity index (χ0n) is 12.3. The summed E-state index contributed by atoms with van der Waals surface area (Å²) >= 11 is 3.49. The van der Waals surface area contributed by atoms with Gasteiger partial charge >= 0.3 is 0 Å². The Balaban J connectivity index is 2.23. The van der Waals surface area contributed by atoms with Gasteiger partial charge in [-0.05, 0) is 66.2 Å². The van der Waals surface area contributed by atoms with Crippen LogP contribution in [0.25, 0.3) is 16.9 Å². The van der Waals surface area contributed by atoms with Crippen LogP contribution < -0.4 is 5.32 Å². The van der Waals surface area contributed by atoms with Crippen molar-refractivity contribution >= 4 is 27.0 Å². The summed E-state index contributed by atoms with van der Waals surface area (Å²) in [7, 11) is 1.93. The Morgan fingerprint density at radius 1 is 1.14 bits per heavy atom. The predicted molar refractivity (Wildman–Crippen MR) is 88.8 cm³/mol. The van der Waals surface area contributed by atoms with Crippen molar-refractivity contribution in [1.29, 1.82) is 0 Å². The topological polar surface area (TPSA) is 42.7 Å². The molecule has 2 aromatic heterocycles. The van der Waals surface area contributed by atoms with Gasteiger partial charge in [0, 0.05) is 22.8 Å². The Labute approximate surface area is 132 Å². The molecule has 0 aliphatic rings. The minimum Gasteiger partial charge on any atom is -0.316 e. The molecule has 108 valence electrons. The molecule has 0 saturated carbocycles. The lowest BCUT2D eigenvalue weighted by Gasteiger charge is -2.11. The number of aryl methyl sites for hydroxylation is 2. The van der Waals surface area contributed by atoms with E-state index in [1.807, 2.05) is 19.6 Å². The first-order valence-electron chi connectivity index (χ1n) is 6.84. The first-order valence-corrected chi connectivity index (χ1v) is 7.63. The highest BCUT2D eigenvalue weighted by Gasteiger charge is 2.11. The maximum Gasteiger partial charge on any atom is 0.142 e. The molecule has 0 aliphatic carbocycles. The number of nitrogens with zero attached hydrogens (tertiary/aromatic N) is 3. The van der Waals surface area contributed by atoms with Crippen LogP contribution in [0.5, 0.6) is 0 Å². The van der Waals surface area contributed by atoms with E-state index in [2.05, 4.69) is 67.8 Å². The molecule has 3 rings (SSSR count). The summed E-state index contributed by atoms with van der Waals surface area (Å²) < 4.78 is 3.04. The molecule has 21 heavy (non-hydrogen) atoms. The first-order chi connectivity index (χ1) is 10.1. The van der Waals surface area contributed by atoms with Crippen molar-refractivity contribution < 1.29 is 0 Å². The van der Waals surface area contributed by atoms with Gasteiger partial charge in [0.15, 0.2) is 0 Å². The van der Waals surface area contributed by atoms with Crippen molar-refractivity contribution in [2.75, 3.05) is 7.05 Å². The summed E-state index contributed by atoms with van der Waals surface area (Å²) in [5.74, 6) is 0.915. The van der Waals surface area contributed by atoms with Crippen LogP contribution in [0.15, 0.2) is 35.2 Å². The fourth-order valence-corrected chi connectivity index (χ4v) is 2.82. The molecule has 0 unspecified atom stereocenters. The molecule has 1 N–H and O–H groups in total. The summed E-state index contributed by atoms with van der Waals surface area (Å²) in [6.07, 6.45) is 3.67. The third-order valence-electron chi connectivity index (χ3n) is 3.67. The standard InChI is InChI=1S/C16H17BrN4/c1-10-4-14-15(5-11(10)2)21(9-20-14)16-12(7-18-3)6-13(17)8-19-16/h4-6,8-9,18H,7H2,1-3H3. The van der Waals surface area contributed by atoms with E-state index in [0.29, 0.717) is 0 Å². The van der Waals surface area contributed by atoms with Crippen LogP contribution in [0.3, 0.4) is 0 Å². The highest BCUT2D eigenvalue weighted by Crippen LogP contribution is 2.24. The second-order valence-corrected chi connectivity index (χ2v) is 6.12. The second kappa shape index (κ2) is 5.58. The number of pyridine rings is 1. The fraction of sp³-hybridized carbons (Fsp3) is 0.250. The molecule has 0 spiro atoms. The van der Waals surface area contributed by atoms with E-state index in [1.165, 1.54) is 11.1 Å². The molecule has 1 aromatic carbocycles. The van der Waals surface area contributed by atoms with Gasteiger partial charge in [0.2, 0.25) is 0 Å². The summed E-state index contributed by atoms with van der Waals surface area (Å²) in [4.78, 5) is 9.09. The largest absolute Gasteiger partial charge is 0.316 e. The molecule has 5 heteroatoms. The molecule has 0 atom stereocenters. The number of imidazole rings is 1. The van der Waals surface area contributed by atoms with Crippen LogP contribution in [-0.4, -0.2) is 21.6 Å². The van der Waals surface area contributed by atoms with Crippen LogP contribution in [0.1, 0.15) is 16.7 Å². The van der Waals surface area contributed by atoms with Crippen LogP contribution in [0, 0.1) is 13.8 Å². The molecule has 0 aliphatic heterocycles. The van der Waals surface area contributed by atoms with E-state index in [9.17, 15) is 0 Å².